The molecule has 1 aliphatic heterocycles. The van der Waals surface area contributed by atoms with Gasteiger partial charge < -0.3 is 10.1 Å². The lowest BCUT2D eigenvalue weighted by Crippen LogP contribution is -2.42. The van der Waals surface area contributed by atoms with Crippen LogP contribution in [-0.2, 0) is 0 Å². The normalized spacial score (nSPS) is 15.4. The summed E-state index contributed by atoms with van der Waals surface area (Å²) >= 11 is 5.89. The van der Waals surface area contributed by atoms with Crippen molar-refractivity contribution in [2.24, 2.45) is 5.92 Å². The molecule has 0 bridgehead atoms. The molecule has 1 heterocycles. The van der Waals surface area contributed by atoms with Crippen LogP contribution in [0.5, 0.6) is 5.75 Å². The summed E-state index contributed by atoms with van der Waals surface area (Å²) in [5.41, 5.74) is -0.0226. The monoisotopic (exact) mass is 256 g/mol. The summed E-state index contributed by atoms with van der Waals surface area (Å²) < 4.78 is 5.50. The Labute approximate surface area is 104 Å². The predicted molar refractivity (Wildman–Crippen MR) is 64.6 cm³/mol. The highest BCUT2D eigenvalue weighted by molar-refractivity contribution is 6.32. The fraction of sp³-hybridized carbons (Fsp3) is 0.455. The molecular weight excluding hydrogens is 244 g/mol. The number of non-ortho nitro benzene ring substituents is 1. The van der Waals surface area contributed by atoms with Gasteiger partial charge in [-0.3, -0.25) is 10.1 Å². The molecule has 0 radical (unpaired) electrons. The van der Waals surface area contributed by atoms with Crippen molar-refractivity contribution < 1.29 is 9.66 Å². The van der Waals surface area contributed by atoms with Crippen LogP contribution in [0.15, 0.2) is 18.2 Å². The predicted octanol–water partition coefficient (Wildman–Crippen LogP) is 2.24. The van der Waals surface area contributed by atoms with Gasteiger partial charge in [0, 0.05) is 12.1 Å². The van der Waals surface area contributed by atoms with Gasteiger partial charge in [-0.2, -0.15) is 0 Å². The van der Waals surface area contributed by atoms with Crippen molar-refractivity contribution in [1.82, 2.24) is 5.32 Å². The molecule has 0 aromatic heterocycles. The van der Waals surface area contributed by atoms with Crippen LogP contribution in [0, 0.1) is 16.0 Å². The number of nitro benzene ring substituents is 1. The van der Waals surface area contributed by atoms with E-state index in [1.54, 1.807) is 6.07 Å². The van der Waals surface area contributed by atoms with Gasteiger partial charge >= 0.3 is 0 Å². The maximum atomic E-state index is 10.5. The molecule has 0 amide bonds. The number of nitrogens with zero attached hydrogens (tertiary/aromatic N) is 1. The molecule has 92 valence electrons. The number of ether oxygens (including phenoxy) is 1. The van der Waals surface area contributed by atoms with Crippen molar-refractivity contribution in [3.8, 4) is 5.75 Å². The fourth-order valence-corrected chi connectivity index (χ4v) is 1.84. The third-order valence-corrected chi connectivity index (χ3v) is 3.07. The summed E-state index contributed by atoms with van der Waals surface area (Å²) in [7, 11) is 0. The third kappa shape index (κ3) is 3.08. The summed E-state index contributed by atoms with van der Waals surface area (Å²) in [6, 6.07) is 4.24. The van der Waals surface area contributed by atoms with Gasteiger partial charge in [0.2, 0.25) is 0 Å². The second-order valence-corrected chi connectivity index (χ2v) is 4.44. The largest absolute Gasteiger partial charge is 0.492 e. The highest BCUT2D eigenvalue weighted by Gasteiger charge is 2.16. The molecule has 1 saturated heterocycles. The molecule has 1 aromatic rings. The zero-order chi connectivity index (χ0) is 12.3. The van der Waals surface area contributed by atoms with Crippen molar-refractivity contribution >= 4 is 17.3 Å². The number of hydrogen-bond acceptors (Lipinski definition) is 4. The van der Waals surface area contributed by atoms with E-state index in [0.29, 0.717) is 18.3 Å². The first kappa shape index (κ1) is 12.1. The lowest BCUT2D eigenvalue weighted by atomic mass is 10.0. The molecular formula is C11H13ClN2O3. The first-order valence-electron chi connectivity index (χ1n) is 5.44. The Morgan fingerprint density at radius 1 is 1.53 bits per heavy atom. The van der Waals surface area contributed by atoms with Gasteiger partial charge in [0.05, 0.1) is 16.6 Å². The smallest absolute Gasteiger partial charge is 0.271 e. The van der Waals surface area contributed by atoms with Crippen molar-refractivity contribution in [2.75, 3.05) is 19.7 Å². The van der Waals surface area contributed by atoms with Gasteiger partial charge in [-0.05, 0) is 31.5 Å². The third-order valence-electron chi connectivity index (χ3n) is 2.78. The van der Waals surface area contributed by atoms with Crippen molar-refractivity contribution in [3.63, 3.8) is 0 Å². The van der Waals surface area contributed by atoms with E-state index in [1.165, 1.54) is 12.1 Å². The lowest BCUT2D eigenvalue weighted by molar-refractivity contribution is -0.384. The zero-order valence-electron chi connectivity index (χ0n) is 9.19. The summed E-state index contributed by atoms with van der Waals surface area (Å²) in [5, 5.41) is 14.0. The first-order chi connectivity index (χ1) is 8.16. The van der Waals surface area contributed by atoms with Crippen LogP contribution in [0.3, 0.4) is 0 Å². The van der Waals surface area contributed by atoms with Gasteiger partial charge in [-0.1, -0.05) is 11.6 Å². The molecule has 0 atom stereocenters. The Morgan fingerprint density at radius 2 is 2.29 bits per heavy atom. The van der Waals surface area contributed by atoms with Crippen LogP contribution < -0.4 is 10.1 Å². The van der Waals surface area contributed by atoms with Crippen LogP contribution in [0.1, 0.15) is 6.42 Å². The van der Waals surface area contributed by atoms with Crippen LogP contribution in [0.2, 0.25) is 5.02 Å². The average Bonchev–Trinajstić information content (AvgIpc) is 2.23. The van der Waals surface area contributed by atoms with Crippen LogP contribution in [0.4, 0.5) is 5.69 Å². The van der Waals surface area contributed by atoms with Crippen LogP contribution in [-0.4, -0.2) is 24.6 Å². The molecule has 1 fully saturated rings. The Balaban J connectivity index is 1.89. The topological polar surface area (TPSA) is 64.4 Å². The number of halogens is 1. The minimum absolute atomic E-state index is 0.0226. The molecule has 1 N–H and O–H groups in total. The van der Waals surface area contributed by atoms with E-state index in [1.807, 2.05) is 0 Å². The van der Waals surface area contributed by atoms with Gasteiger partial charge in [-0.25, -0.2) is 0 Å². The molecule has 6 heteroatoms. The Morgan fingerprint density at radius 3 is 2.82 bits per heavy atom. The minimum atomic E-state index is -0.476. The molecule has 2 rings (SSSR count). The summed E-state index contributed by atoms with van der Waals surface area (Å²) in [4.78, 5) is 10.0. The Hall–Kier alpha value is -1.33. The summed E-state index contributed by atoms with van der Waals surface area (Å²) in [5.74, 6) is 1.18. The van der Waals surface area contributed by atoms with E-state index in [-0.39, 0.29) is 10.7 Å². The lowest BCUT2D eigenvalue weighted by Gasteiger charge is -2.26. The second-order valence-electron chi connectivity index (χ2n) is 4.03. The summed E-state index contributed by atoms with van der Waals surface area (Å²) in [6.45, 7) is 2.67. The number of hydrogen-bond donors (Lipinski definition) is 1. The Bertz CT molecular complexity index is 421. The molecule has 0 unspecified atom stereocenters. The number of nitro groups is 1. The van der Waals surface area contributed by atoms with Crippen LogP contribution in [0.25, 0.3) is 0 Å². The van der Waals surface area contributed by atoms with Gasteiger partial charge in [-0.15, -0.1) is 0 Å². The molecule has 1 aromatic carbocycles. The minimum Gasteiger partial charge on any atom is -0.492 e. The average molecular weight is 257 g/mol. The van der Waals surface area contributed by atoms with Crippen molar-refractivity contribution in [3.05, 3.63) is 33.3 Å². The molecule has 17 heavy (non-hydrogen) atoms. The highest BCUT2D eigenvalue weighted by Crippen LogP contribution is 2.28. The maximum Gasteiger partial charge on any atom is 0.271 e. The standard InChI is InChI=1S/C11H13ClN2O3/c12-10-5-9(14(15)16)1-2-11(10)17-4-3-8-6-13-7-8/h1-2,5,8,13H,3-4,6-7H2. The van der Waals surface area contributed by atoms with Gasteiger partial charge in [0.1, 0.15) is 5.75 Å². The van der Waals surface area contributed by atoms with E-state index in [4.69, 9.17) is 16.3 Å². The first-order valence-corrected chi connectivity index (χ1v) is 5.82. The fourth-order valence-electron chi connectivity index (χ4n) is 1.61. The van der Waals surface area contributed by atoms with E-state index in [9.17, 15) is 10.1 Å². The van der Waals surface area contributed by atoms with E-state index in [2.05, 4.69) is 5.32 Å². The van der Waals surface area contributed by atoms with Crippen molar-refractivity contribution in [1.29, 1.82) is 0 Å². The van der Waals surface area contributed by atoms with Gasteiger partial charge in [0.25, 0.3) is 5.69 Å². The Kier molecular flexibility index (Phi) is 3.81. The van der Waals surface area contributed by atoms with Crippen LogP contribution >= 0.6 is 11.6 Å². The number of benzene rings is 1. The number of nitrogens with one attached hydrogen (secondary N) is 1. The highest BCUT2D eigenvalue weighted by atomic mass is 35.5. The zero-order valence-corrected chi connectivity index (χ0v) is 9.94. The molecule has 0 spiro atoms. The van der Waals surface area contributed by atoms with E-state index >= 15 is 0 Å². The molecule has 0 aliphatic carbocycles. The maximum absolute atomic E-state index is 10.5. The SMILES string of the molecule is O=[N+]([O-])c1ccc(OCCC2CNC2)c(Cl)c1. The molecule has 1 aliphatic rings. The van der Waals surface area contributed by atoms with Gasteiger partial charge in [0.15, 0.2) is 0 Å². The number of rotatable bonds is 5. The summed E-state index contributed by atoms with van der Waals surface area (Å²) in [6.07, 6.45) is 0.973. The second kappa shape index (κ2) is 5.33. The van der Waals surface area contributed by atoms with Crippen molar-refractivity contribution in [2.45, 2.75) is 6.42 Å². The quantitative estimate of drug-likeness (QED) is 0.648. The van der Waals surface area contributed by atoms with E-state index in [0.717, 1.165) is 19.5 Å². The molecule has 5 nitrogen and oxygen atoms in total. The van der Waals surface area contributed by atoms with E-state index < -0.39 is 4.92 Å². The molecule has 0 saturated carbocycles.